The van der Waals surface area contributed by atoms with Crippen molar-refractivity contribution in [1.82, 2.24) is 0 Å². The van der Waals surface area contributed by atoms with Gasteiger partial charge in [0, 0.05) is 6.42 Å². The molecule has 0 spiro atoms. The van der Waals surface area contributed by atoms with E-state index in [9.17, 15) is 9.59 Å². The summed E-state index contributed by atoms with van der Waals surface area (Å²) in [5, 5.41) is 25.1. The van der Waals surface area contributed by atoms with Gasteiger partial charge in [0.05, 0.1) is 31.0 Å². The lowest BCUT2D eigenvalue weighted by molar-refractivity contribution is -0.162. The van der Waals surface area contributed by atoms with Crippen LogP contribution in [-0.2, 0) is 19.1 Å². The standard InChI is InChI=1S/C12H13N3O4/c13-5-1-4-10(11(16)18-8-2-6-14)12(17)19-9-3-7-15/h10H,1-4,8-9H2. The van der Waals surface area contributed by atoms with Gasteiger partial charge in [0.15, 0.2) is 5.92 Å². The maximum atomic E-state index is 11.6. The van der Waals surface area contributed by atoms with Crippen molar-refractivity contribution in [2.45, 2.75) is 25.7 Å². The number of esters is 2. The van der Waals surface area contributed by atoms with Gasteiger partial charge in [-0.25, -0.2) is 0 Å². The Labute approximate surface area is 110 Å². The molecule has 0 aromatic rings. The van der Waals surface area contributed by atoms with Crippen LogP contribution in [0.5, 0.6) is 0 Å². The van der Waals surface area contributed by atoms with Crippen LogP contribution in [0.1, 0.15) is 25.7 Å². The lowest BCUT2D eigenvalue weighted by atomic mass is 10.0. The van der Waals surface area contributed by atoms with Gasteiger partial charge in [0.1, 0.15) is 13.2 Å². The maximum Gasteiger partial charge on any atom is 0.320 e. The van der Waals surface area contributed by atoms with Crippen LogP contribution in [0.3, 0.4) is 0 Å². The van der Waals surface area contributed by atoms with E-state index in [-0.39, 0.29) is 38.9 Å². The summed E-state index contributed by atoms with van der Waals surface area (Å²) in [7, 11) is 0. The molecule has 7 heteroatoms. The summed E-state index contributed by atoms with van der Waals surface area (Å²) in [6.07, 6.45) is 0.0546. The molecule has 0 radical (unpaired) electrons. The molecule has 0 N–H and O–H groups in total. The molecule has 19 heavy (non-hydrogen) atoms. The fourth-order valence-electron chi connectivity index (χ4n) is 1.14. The van der Waals surface area contributed by atoms with Crippen molar-refractivity contribution in [3.63, 3.8) is 0 Å². The molecular formula is C12H13N3O4. The number of nitriles is 3. The van der Waals surface area contributed by atoms with Crippen LogP contribution >= 0.6 is 0 Å². The molecule has 0 aromatic heterocycles. The van der Waals surface area contributed by atoms with Crippen LogP contribution in [-0.4, -0.2) is 25.2 Å². The maximum absolute atomic E-state index is 11.6. The van der Waals surface area contributed by atoms with Crippen molar-refractivity contribution >= 4 is 11.9 Å². The van der Waals surface area contributed by atoms with Crippen LogP contribution in [0.4, 0.5) is 0 Å². The summed E-state index contributed by atoms with van der Waals surface area (Å²) >= 11 is 0. The van der Waals surface area contributed by atoms with Crippen molar-refractivity contribution in [1.29, 1.82) is 15.8 Å². The van der Waals surface area contributed by atoms with Gasteiger partial charge in [-0.2, -0.15) is 15.8 Å². The minimum Gasteiger partial charge on any atom is -0.464 e. The third-order valence-electron chi connectivity index (χ3n) is 2.03. The van der Waals surface area contributed by atoms with E-state index < -0.39 is 17.9 Å². The van der Waals surface area contributed by atoms with Crippen LogP contribution in [0.25, 0.3) is 0 Å². The summed E-state index contributed by atoms with van der Waals surface area (Å²) in [5.41, 5.74) is 0. The first-order chi connectivity index (χ1) is 9.17. The molecule has 100 valence electrons. The minimum absolute atomic E-state index is 0.00532. The van der Waals surface area contributed by atoms with Gasteiger partial charge in [0.25, 0.3) is 0 Å². The van der Waals surface area contributed by atoms with Crippen LogP contribution in [0.2, 0.25) is 0 Å². The average Bonchev–Trinajstić information content (AvgIpc) is 2.40. The Morgan fingerprint density at radius 2 is 1.26 bits per heavy atom. The summed E-state index contributed by atoms with van der Waals surface area (Å²) in [4.78, 5) is 23.2. The van der Waals surface area contributed by atoms with Gasteiger partial charge < -0.3 is 9.47 Å². The van der Waals surface area contributed by atoms with Gasteiger partial charge in [-0.15, -0.1) is 0 Å². The number of nitrogens with zero attached hydrogens (tertiary/aromatic N) is 3. The first-order valence-corrected chi connectivity index (χ1v) is 5.61. The van der Waals surface area contributed by atoms with E-state index in [1.807, 2.05) is 6.07 Å². The summed E-state index contributed by atoms with van der Waals surface area (Å²) in [6, 6.07) is 5.41. The van der Waals surface area contributed by atoms with Crippen molar-refractivity contribution in [3.8, 4) is 18.2 Å². The molecule has 7 nitrogen and oxygen atoms in total. The molecule has 0 rings (SSSR count). The van der Waals surface area contributed by atoms with Crippen LogP contribution < -0.4 is 0 Å². The molecule has 0 aliphatic carbocycles. The van der Waals surface area contributed by atoms with Crippen LogP contribution in [0.15, 0.2) is 0 Å². The number of hydrogen-bond acceptors (Lipinski definition) is 7. The van der Waals surface area contributed by atoms with Gasteiger partial charge in [0.2, 0.25) is 0 Å². The zero-order valence-electron chi connectivity index (χ0n) is 10.3. The van der Waals surface area contributed by atoms with Crippen molar-refractivity contribution < 1.29 is 19.1 Å². The largest absolute Gasteiger partial charge is 0.464 e. The number of carbonyl (C=O) groups excluding carboxylic acids is 2. The number of rotatable bonds is 8. The zero-order valence-corrected chi connectivity index (χ0v) is 10.3. The van der Waals surface area contributed by atoms with Crippen LogP contribution in [0, 0.1) is 39.9 Å². The lowest BCUT2D eigenvalue weighted by Gasteiger charge is -2.13. The van der Waals surface area contributed by atoms with E-state index in [0.717, 1.165) is 0 Å². The summed E-state index contributed by atoms with van der Waals surface area (Å²) < 4.78 is 9.46. The van der Waals surface area contributed by atoms with E-state index in [4.69, 9.17) is 25.3 Å². The van der Waals surface area contributed by atoms with Gasteiger partial charge >= 0.3 is 11.9 Å². The molecule has 0 aliphatic heterocycles. The highest BCUT2D eigenvalue weighted by molar-refractivity contribution is 5.94. The molecule has 0 saturated heterocycles. The molecule has 0 atom stereocenters. The Morgan fingerprint density at radius 1 is 0.842 bits per heavy atom. The molecule has 0 amide bonds. The highest BCUT2D eigenvalue weighted by Gasteiger charge is 2.29. The van der Waals surface area contributed by atoms with Gasteiger partial charge in [-0.1, -0.05) is 0 Å². The topological polar surface area (TPSA) is 124 Å². The van der Waals surface area contributed by atoms with E-state index in [1.54, 1.807) is 12.1 Å². The number of ether oxygens (including phenoxy) is 2. The number of hydrogen-bond donors (Lipinski definition) is 0. The average molecular weight is 263 g/mol. The Hall–Kier alpha value is -2.59. The first-order valence-electron chi connectivity index (χ1n) is 5.61. The second kappa shape index (κ2) is 10.6. The fourth-order valence-corrected chi connectivity index (χ4v) is 1.14. The van der Waals surface area contributed by atoms with Crippen molar-refractivity contribution in [2.75, 3.05) is 13.2 Å². The molecule has 0 unspecified atom stereocenters. The summed E-state index contributed by atoms with van der Waals surface area (Å²) in [5.74, 6) is -2.81. The quantitative estimate of drug-likeness (QED) is 0.360. The summed E-state index contributed by atoms with van der Waals surface area (Å²) in [6.45, 7) is -0.215. The second-order valence-electron chi connectivity index (χ2n) is 3.40. The third kappa shape index (κ3) is 7.36. The zero-order chi connectivity index (χ0) is 14.5. The highest BCUT2D eigenvalue weighted by atomic mass is 16.6. The minimum atomic E-state index is -1.18. The Balaban J connectivity index is 4.40. The van der Waals surface area contributed by atoms with E-state index in [1.165, 1.54) is 0 Å². The molecular weight excluding hydrogens is 250 g/mol. The molecule has 0 saturated carbocycles. The monoisotopic (exact) mass is 263 g/mol. The van der Waals surface area contributed by atoms with E-state index >= 15 is 0 Å². The molecule has 0 aromatic carbocycles. The third-order valence-corrected chi connectivity index (χ3v) is 2.03. The second-order valence-corrected chi connectivity index (χ2v) is 3.40. The lowest BCUT2D eigenvalue weighted by Crippen LogP contribution is -2.28. The number of carbonyl (C=O) groups is 2. The Kier molecular flexibility index (Phi) is 9.12. The first kappa shape index (κ1) is 16.4. The molecule has 0 heterocycles. The van der Waals surface area contributed by atoms with Gasteiger partial charge in [-0.05, 0) is 6.42 Å². The normalized spacial score (nSPS) is 8.95. The SMILES string of the molecule is N#CCCOC(=O)C(CCC#N)C(=O)OCCC#N. The van der Waals surface area contributed by atoms with Gasteiger partial charge in [-0.3, -0.25) is 9.59 Å². The van der Waals surface area contributed by atoms with E-state index in [0.29, 0.717) is 0 Å². The Morgan fingerprint density at radius 3 is 1.63 bits per heavy atom. The molecule has 0 aliphatic rings. The molecule has 0 bridgehead atoms. The van der Waals surface area contributed by atoms with E-state index in [2.05, 4.69) is 0 Å². The predicted molar refractivity (Wildman–Crippen MR) is 60.7 cm³/mol. The highest BCUT2D eigenvalue weighted by Crippen LogP contribution is 2.11. The van der Waals surface area contributed by atoms with Crippen molar-refractivity contribution in [2.24, 2.45) is 5.92 Å². The van der Waals surface area contributed by atoms with Crippen molar-refractivity contribution in [3.05, 3.63) is 0 Å². The molecule has 0 fully saturated rings. The fraction of sp³-hybridized carbons (Fsp3) is 0.583. The predicted octanol–water partition coefficient (Wildman–Crippen LogP) is 0.820. The smallest absolute Gasteiger partial charge is 0.320 e. The Bertz CT molecular complexity index is 396.